The summed E-state index contributed by atoms with van der Waals surface area (Å²) in [5, 5.41) is 3.92. The van der Waals surface area contributed by atoms with Gasteiger partial charge in [-0.05, 0) is 11.6 Å². The lowest BCUT2D eigenvalue weighted by Gasteiger charge is -2.06. The van der Waals surface area contributed by atoms with Gasteiger partial charge in [0, 0.05) is 20.1 Å². The number of hydrogen-bond acceptors (Lipinski definition) is 3. The second kappa shape index (κ2) is 7.67. The molecule has 0 atom stereocenters. The van der Waals surface area contributed by atoms with E-state index in [0.717, 1.165) is 5.56 Å². The van der Waals surface area contributed by atoms with Crippen molar-refractivity contribution in [3.05, 3.63) is 33.8 Å². The predicted molar refractivity (Wildman–Crippen MR) is 69.9 cm³/mol. The first kappa shape index (κ1) is 14.5. The molecule has 5 heteroatoms. The Hall–Kier alpha value is -0.610. The predicted octanol–water partition coefficient (Wildman–Crippen LogP) is 2.34. The molecular formula is C12H15Cl2NO2. The van der Waals surface area contributed by atoms with Crippen LogP contribution in [-0.4, -0.2) is 32.6 Å². The minimum Gasteiger partial charge on any atom is -0.383 e. The average Bonchev–Trinajstić information content (AvgIpc) is 2.31. The van der Waals surface area contributed by atoms with Crippen molar-refractivity contribution in [3.63, 3.8) is 0 Å². The highest BCUT2D eigenvalue weighted by Gasteiger charge is 2.08. The van der Waals surface area contributed by atoms with Gasteiger partial charge in [-0.1, -0.05) is 35.3 Å². The smallest absolute Gasteiger partial charge is 0.151 e. The second-order valence-electron chi connectivity index (χ2n) is 3.60. The van der Waals surface area contributed by atoms with Crippen LogP contribution in [0.15, 0.2) is 18.2 Å². The third-order valence-corrected chi connectivity index (χ3v) is 3.08. The molecule has 0 radical (unpaired) electrons. The fraction of sp³-hybridized carbons (Fsp3) is 0.417. The van der Waals surface area contributed by atoms with Gasteiger partial charge in [-0.15, -0.1) is 0 Å². The molecule has 1 aromatic carbocycles. The fourth-order valence-corrected chi connectivity index (χ4v) is 1.75. The SMILES string of the molecule is COCCNCC(=O)Cc1cccc(Cl)c1Cl. The number of carbonyl (C=O) groups is 1. The summed E-state index contributed by atoms with van der Waals surface area (Å²) in [6, 6.07) is 5.30. The summed E-state index contributed by atoms with van der Waals surface area (Å²) < 4.78 is 4.86. The zero-order chi connectivity index (χ0) is 12.7. The van der Waals surface area contributed by atoms with Crippen LogP contribution in [0.4, 0.5) is 0 Å². The Balaban J connectivity index is 2.43. The van der Waals surface area contributed by atoms with Crippen molar-refractivity contribution in [2.75, 3.05) is 26.8 Å². The fourth-order valence-electron chi connectivity index (χ4n) is 1.36. The van der Waals surface area contributed by atoms with E-state index >= 15 is 0 Å². The van der Waals surface area contributed by atoms with E-state index in [1.54, 1.807) is 25.3 Å². The second-order valence-corrected chi connectivity index (χ2v) is 4.38. The van der Waals surface area contributed by atoms with Crippen LogP contribution in [0, 0.1) is 0 Å². The van der Waals surface area contributed by atoms with Crippen molar-refractivity contribution in [1.82, 2.24) is 5.32 Å². The normalized spacial score (nSPS) is 10.5. The van der Waals surface area contributed by atoms with Gasteiger partial charge < -0.3 is 10.1 Å². The molecule has 0 aliphatic heterocycles. The van der Waals surface area contributed by atoms with Crippen LogP contribution in [0.2, 0.25) is 10.0 Å². The molecule has 0 fully saturated rings. The Bertz CT molecular complexity index is 383. The van der Waals surface area contributed by atoms with Crippen LogP contribution in [0.1, 0.15) is 5.56 Å². The minimum atomic E-state index is 0.0743. The number of ether oxygens (including phenoxy) is 1. The van der Waals surface area contributed by atoms with Gasteiger partial charge in [0.1, 0.15) is 0 Å². The highest BCUT2D eigenvalue weighted by Crippen LogP contribution is 2.25. The lowest BCUT2D eigenvalue weighted by molar-refractivity contribution is -0.117. The van der Waals surface area contributed by atoms with Gasteiger partial charge in [0.25, 0.3) is 0 Å². The van der Waals surface area contributed by atoms with Crippen molar-refractivity contribution in [1.29, 1.82) is 0 Å². The molecule has 94 valence electrons. The molecule has 1 rings (SSSR count). The maximum atomic E-state index is 11.6. The minimum absolute atomic E-state index is 0.0743. The van der Waals surface area contributed by atoms with Gasteiger partial charge in [0.2, 0.25) is 0 Å². The van der Waals surface area contributed by atoms with Gasteiger partial charge in [-0.3, -0.25) is 4.79 Å². The molecule has 0 saturated carbocycles. The van der Waals surface area contributed by atoms with E-state index in [2.05, 4.69) is 5.32 Å². The lowest BCUT2D eigenvalue weighted by atomic mass is 10.1. The van der Waals surface area contributed by atoms with E-state index in [1.165, 1.54) is 0 Å². The Kier molecular flexibility index (Phi) is 6.52. The van der Waals surface area contributed by atoms with Crippen LogP contribution in [-0.2, 0) is 16.0 Å². The van der Waals surface area contributed by atoms with Gasteiger partial charge in [0.05, 0.1) is 23.2 Å². The highest BCUT2D eigenvalue weighted by atomic mass is 35.5. The molecule has 0 saturated heterocycles. The summed E-state index contributed by atoms with van der Waals surface area (Å²) >= 11 is 11.9. The van der Waals surface area contributed by atoms with Crippen LogP contribution < -0.4 is 5.32 Å². The number of nitrogens with one attached hydrogen (secondary N) is 1. The molecule has 0 aliphatic carbocycles. The number of rotatable bonds is 7. The first-order valence-corrected chi connectivity index (χ1v) is 6.05. The zero-order valence-corrected chi connectivity index (χ0v) is 11.1. The monoisotopic (exact) mass is 275 g/mol. The molecule has 0 amide bonds. The van der Waals surface area contributed by atoms with E-state index in [1.807, 2.05) is 0 Å². The van der Waals surface area contributed by atoms with Gasteiger partial charge in [-0.2, -0.15) is 0 Å². The summed E-state index contributed by atoms with van der Waals surface area (Å²) in [7, 11) is 1.62. The first-order valence-electron chi connectivity index (χ1n) is 5.29. The third kappa shape index (κ3) is 5.04. The van der Waals surface area contributed by atoms with Crippen molar-refractivity contribution in [3.8, 4) is 0 Å². The number of hydrogen-bond donors (Lipinski definition) is 1. The summed E-state index contributed by atoms with van der Waals surface area (Å²) in [5.41, 5.74) is 0.762. The molecule has 0 aliphatic rings. The maximum absolute atomic E-state index is 11.6. The van der Waals surface area contributed by atoms with E-state index in [4.69, 9.17) is 27.9 Å². The van der Waals surface area contributed by atoms with E-state index in [0.29, 0.717) is 36.2 Å². The first-order chi connectivity index (χ1) is 8.15. The lowest BCUT2D eigenvalue weighted by Crippen LogP contribution is -2.27. The van der Waals surface area contributed by atoms with E-state index in [-0.39, 0.29) is 5.78 Å². The van der Waals surface area contributed by atoms with E-state index < -0.39 is 0 Å². The van der Waals surface area contributed by atoms with Crippen molar-refractivity contribution in [2.24, 2.45) is 0 Å². The molecule has 0 aromatic heterocycles. The number of benzene rings is 1. The number of carbonyl (C=O) groups excluding carboxylic acids is 1. The van der Waals surface area contributed by atoms with Crippen LogP contribution in [0.25, 0.3) is 0 Å². The highest BCUT2D eigenvalue weighted by molar-refractivity contribution is 6.42. The molecular weight excluding hydrogens is 261 g/mol. The van der Waals surface area contributed by atoms with Crippen LogP contribution in [0.3, 0.4) is 0 Å². The number of ketones is 1. The zero-order valence-electron chi connectivity index (χ0n) is 9.63. The summed E-state index contributed by atoms with van der Waals surface area (Å²) in [4.78, 5) is 11.6. The maximum Gasteiger partial charge on any atom is 0.151 e. The quantitative estimate of drug-likeness (QED) is 0.777. The van der Waals surface area contributed by atoms with Gasteiger partial charge >= 0.3 is 0 Å². The molecule has 1 N–H and O–H groups in total. The Morgan fingerprint density at radius 1 is 1.41 bits per heavy atom. The van der Waals surface area contributed by atoms with Crippen LogP contribution in [0.5, 0.6) is 0 Å². The summed E-state index contributed by atoms with van der Waals surface area (Å²) in [6.45, 7) is 1.56. The van der Waals surface area contributed by atoms with Gasteiger partial charge in [0.15, 0.2) is 5.78 Å². The van der Waals surface area contributed by atoms with Crippen molar-refractivity contribution >= 4 is 29.0 Å². The molecule has 1 aromatic rings. The number of methoxy groups -OCH3 is 1. The van der Waals surface area contributed by atoms with E-state index in [9.17, 15) is 4.79 Å². The molecule has 3 nitrogen and oxygen atoms in total. The topological polar surface area (TPSA) is 38.3 Å². The molecule has 0 bridgehead atoms. The summed E-state index contributed by atoms with van der Waals surface area (Å²) in [6.07, 6.45) is 0.291. The Morgan fingerprint density at radius 3 is 2.88 bits per heavy atom. The average molecular weight is 276 g/mol. The molecule has 0 heterocycles. The Labute approximate surface area is 111 Å². The molecule has 0 spiro atoms. The summed E-state index contributed by atoms with van der Waals surface area (Å²) in [5.74, 6) is 0.0743. The largest absolute Gasteiger partial charge is 0.383 e. The van der Waals surface area contributed by atoms with Crippen molar-refractivity contribution < 1.29 is 9.53 Å². The Morgan fingerprint density at radius 2 is 2.18 bits per heavy atom. The van der Waals surface area contributed by atoms with Gasteiger partial charge in [-0.25, -0.2) is 0 Å². The molecule has 0 unspecified atom stereocenters. The van der Waals surface area contributed by atoms with Crippen molar-refractivity contribution in [2.45, 2.75) is 6.42 Å². The van der Waals surface area contributed by atoms with Crippen LogP contribution >= 0.6 is 23.2 Å². The third-order valence-electron chi connectivity index (χ3n) is 2.22. The number of halogens is 2. The number of Topliss-reactive ketones (excluding diaryl/α,β-unsaturated/α-hetero) is 1. The standard InChI is InChI=1S/C12H15Cl2NO2/c1-17-6-5-15-8-10(16)7-9-3-2-4-11(13)12(9)14/h2-4,15H,5-8H2,1H3. The molecule has 17 heavy (non-hydrogen) atoms.